The zero-order chi connectivity index (χ0) is 21.7. The van der Waals surface area contributed by atoms with Gasteiger partial charge in [-0.15, -0.1) is 0 Å². The third kappa shape index (κ3) is 5.31. The van der Waals surface area contributed by atoms with Gasteiger partial charge in [0.1, 0.15) is 0 Å². The zero-order valence-electron chi connectivity index (χ0n) is 16.1. The van der Waals surface area contributed by atoms with E-state index in [2.05, 4.69) is 27.6 Å². The van der Waals surface area contributed by atoms with Crippen LogP contribution in [0.1, 0.15) is 18.1 Å². The number of carbonyl (C=O) groups is 2. The van der Waals surface area contributed by atoms with Crippen LogP contribution in [0, 0.1) is 3.57 Å². The first-order valence-corrected chi connectivity index (χ1v) is 10.3. The van der Waals surface area contributed by atoms with Gasteiger partial charge >= 0.3 is 11.9 Å². The van der Waals surface area contributed by atoms with Gasteiger partial charge in [-0.3, -0.25) is 0 Å². The van der Waals surface area contributed by atoms with Crippen molar-refractivity contribution in [1.82, 2.24) is 0 Å². The summed E-state index contributed by atoms with van der Waals surface area (Å²) >= 11 is 8.34. The molecular formula is C21H17ClINO6. The molecule has 1 aliphatic heterocycles. The molecule has 1 heterocycles. The lowest BCUT2D eigenvalue weighted by atomic mass is 10.1. The zero-order valence-corrected chi connectivity index (χ0v) is 19.0. The standard InChI is InChI=1S/C21H17ClINO6/c1-3-28-19(25)11-29-17-7-4-12(9-18(17)27-2)8-16-21(26)30-20(24-16)14-10-13(23)5-6-15(14)22/h4-10H,3,11H2,1-2H3/b16-8-. The fourth-order valence-electron chi connectivity index (χ4n) is 2.58. The second-order valence-electron chi connectivity index (χ2n) is 5.96. The van der Waals surface area contributed by atoms with Crippen molar-refractivity contribution >= 4 is 58.1 Å². The first kappa shape index (κ1) is 22.1. The van der Waals surface area contributed by atoms with Crippen molar-refractivity contribution in [2.24, 2.45) is 4.99 Å². The highest BCUT2D eigenvalue weighted by atomic mass is 127. The van der Waals surface area contributed by atoms with Crippen LogP contribution in [0.3, 0.4) is 0 Å². The molecule has 0 spiro atoms. The van der Waals surface area contributed by atoms with Gasteiger partial charge in [-0.2, -0.15) is 0 Å². The van der Waals surface area contributed by atoms with Gasteiger partial charge in [0.05, 0.1) is 24.3 Å². The Kier molecular flexibility index (Phi) is 7.33. The minimum Gasteiger partial charge on any atom is -0.493 e. The highest BCUT2D eigenvalue weighted by Gasteiger charge is 2.26. The fraction of sp³-hybridized carbons (Fsp3) is 0.190. The SMILES string of the molecule is CCOC(=O)COc1ccc(/C=C2\N=C(c3cc(I)ccc3Cl)OC2=O)cc1OC. The molecule has 0 amide bonds. The maximum absolute atomic E-state index is 12.3. The van der Waals surface area contributed by atoms with Crippen LogP contribution in [0.4, 0.5) is 0 Å². The Hall–Kier alpha value is -2.59. The second-order valence-corrected chi connectivity index (χ2v) is 7.62. The maximum atomic E-state index is 12.3. The molecule has 2 aromatic carbocycles. The van der Waals surface area contributed by atoms with Crippen molar-refractivity contribution < 1.29 is 28.5 Å². The molecule has 0 aliphatic carbocycles. The molecule has 0 saturated heterocycles. The predicted molar refractivity (Wildman–Crippen MR) is 120 cm³/mol. The van der Waals surface area contributed by atoms with E-state index in [0.29, 0.717) is 27.6 Å². The van der Waals surface area contributed by atoms with Gasteiger partial charge in [0, 0.05) is 3.57 Å². The number of halogens is 2. The molecule has 0 unspecified atom stereocenters. The first-order valence-electron chi connectivity index (χ1n) is 8.85. The van der Waals surface area contributed by atoms with Crippen LogP contribution in [0.15, 0.2) is 47.1 Å². The highest BCUT2D eigenvalue weighted by Crippen LogP contribution is 2.30. The Bertz CT molecular complexity index is 1050. The van der Waals surface area contributed by atoms with E-state index in [-0.39, 0.29) is 24.8 Å². The van der Waals surface area contributed by atoms with E-state index in [4.69, 9.17) is 30.5 Å². The molecule has 156 valence electrons. The van der Waals surface area contributed by atoms with Crippen LogP contribution in [0.2, 0.25) is 5.02 Å². The summed E-state index contributed by atoms with van der Waals surface area (Å²) in [6.45, 7) is 1.76. The smallest absolute Gasteiger partial charge is 0.363 e. The summed E-state index contributed by atoms with van der Waals surface area (Å²) in [6, 6.07) is 10.3. The molecule has 0 bridgehead atoms. The van der Waals surface area contributed by atoms with Crippen LogP contribution in [0.5, 0.6) is 11.5 Å². The predicted octanol–water partition coefficient (Wildman–Crippen LogP) is 4.24. The van der Waals surface area contributed by atoms with E-state index in [1.807, 2.05) is 6.07 Å². The summed E-state index contributed by atoms with van der Waals surface area (Å²) in [5.74, 6) is -0.144. The number of hydrogen-bond donors (Lipinski definition) is 0. The van der Waals surface area contributed by atoms with E-state index in [1.165, 1.54) is 7.11 Å². The number of cyclic esters (lactones) is 1. The Morgan fingerprint density at radius 2 is 2.03 bits per heavy atom. The lowest BCUT2D eigenvalue weighted by Gasteiger charge is -2.10. The van der Waals surface area contributed by atoms with E-state index in [0.717, 1.165) is 3.57 Å². The number of nitrogens with zero attached hydrogens (tertiary/aromatic N) is 1. The fourth-order valence-corrected chi connectivity index (χ4v) is 3.27. The molecular weight excluding hydrogens is 525 g/mol. The van der Waals surface area contributed by atoms with Gasteiger partial charge < -0.3 is 18.9 Å². The molecule has 3 rings (SSSR count). The number of aliphatic imine (C=N–C) groups is 1. The van der Waals surface area contributed by atoms with E-state index in [9.17, 15) is 9.59 Å². The molecule has 30 heavy (non-hydrogen) atoms. The van der Waals surface area contributed by atoms with E-state index in [1.54, 1.807) is 43.3 Å². The molecule has 0 radical (unpaired) electrons. The Balaban J connectivity index is 1.83. The summed E-state index contributed by atoms with van der Waals surface area (Å²) in [6.07, 6.45) is 1.56. The average molecular weight is 542 g/mol. The van der Waals surface area contributed by atoms with Crippen molar-refractivity contribution in [2.75, 3.05) is 20.3 Å². The molecule has 7 nitrogen and oxygen atoms in total. The summed E-state index contributed by atoms with van der Waals surface area (Å²) in [7, 11) is 1.47. The molecule has 0 atom stereocenters. The molecule has 1 aliphatic rings. The number of ether oxygens (including phenoxy) is 4. The molecule has 0 saturated carbocycles. The third-order valence-electron chi connectivity index (χ3n) is 3.92. The number of rotatable bonds is 7. The Labute approximate surface area is 191 Å². The Morgan fingerprint density at radius 1 is 1.23 bits per heavy atom. The van der Waals surface area contributed by atoms with Crippen LogP contribution < -0.4 is 9.47 Å². The summed E-state index contributed by atoms with van der Waals surface area (Å²) in [5.41, 5.74) is 1.31. The largest absolute Gasteiger partial charge is 0.493 e. The maximum Gasteiger partial charge on any atom is 0.363 e. The summed E-state index contributed by atoms with van der Waals surface area (Å²) in [4.78, 5) is 28.0. The molecule has 9 heteroatoms. The lowest BCUT2D eigenvalue weighted by Crippen LogP contribution is -2.14. The first-order chi connectivity index (χ1) is 14.4. The third-order valence-corrected chi connectivity index (χ3v) is 4.92. The van der Waals surface area contributed by atoms with E-state index < -0.39 is 11.9 Å². The number of methoxy groups -OCH3 is 1. The van der Waals surface area contributed by atoms with Crippen molar-refractivity contribution in [1.29, 1.82) is 0 Å². The van der Waals surface area contributed by atoms with Gasteiger partial charge in [-0.25, -0.2) is 14.6 Å². The Morgan fingerprint density at radius 3 is 2.77 bits per heavy atom. The van der Waals surface area contributed by atoms with Crippen LogP contribution in [-0.2, 0) is 19.1 Å². The van der Waals surface area contributed by atoms with Crippen molar-refractivity contribution in [3.05, 3.63) is 61.8 Å². The minimum atomic E-state index is -0.582. The molecule has 0 fully saturated rings. The van der Waals surface area contributed by atoms with Gasteiger partial charge in [-0.05, 0) is 71.5 Å². The summed E-state index contributed by atoms with van der Waals surface area (Å²) in [5, 5.41) is 0.438. The number of esters is 2. The monoisotopic (exact) mass is 541 g/mol. The molecule has 0 aromatic heterocycles. The second kappa shape index (κ2) is 9.94. The van der Waals surface area contributed by atoms with Crippen LogP contribution >= 0.6 is 34.2 Å². The topological polar surface area (TPSA) is 83.4 Å². The number of benzene rings is 2. The average Bonchev–Trinajstić information content (AvgIpc) is 3.09. The van der Waals surface area contributed by atoms with Crippen molar-refractivity contribution in [3.63, 3.8) is 0 Å². The van der Waals surface area contributed by atoms with Gasteiger partial charge in [0.25, 0.3) is 0 Å². The quantitative estimate of drug-likeness (QED) is 0.296. The van der Waals surface area contributed by atoms with Gasteiger partial charge in [0.2, 0.25) is 5.90 Å². The minimum absolute atomic E-state index is 0.127. The normalized spacial score (nSPS) is 14.3. The van der Waals surface area contributed by atoms with Crippen LogP contribution in [-0.4, -0.2) is 38.2 Å². The number of hydrogen-bond acceptors (Lipinski definition) is 7. The van der Waals surface area contributed by atoms with Crippen molar-refractivity contribution in [3.8, 4) is 11.5 Å². The van der Waals surface area contributed by atoms with Crippen LogP contribution in [0.25, 0.3) is 6.08 Å². The summed E-state index contributed by atoms with van der Waals surface area (Å²) < 4.78 is 21.8. The van der Waals surface area contributed by atoms with E-state index >= 15 is 0 Å². The van der Waals surface area contributed by atoms with Crippen molar-refractivity contribution in [2.45, 2.75) is 6.92 Å². The number of carbonyl (C=O) groups excluding carboxylic acids is 2. The van der Waals surface area contributed by atoms with Gasteiger partial charge in [-0.1, -0.05) is 17.7 Å². The lowest BCUT2D eigenvalue weighted by molar-refractivity contribution is -0.145. The molecule has 2 aromatic rings. The highest BCUT2D eigenvalue weighted by molar-refractivity contribution is 14.1. The van der Waals surface area contributed by atoms with Gasteiger partial charge in [0.15, 0.2) is 23.8 Å². The molecule has 0 N–H and O–H groups in total.